The zero-order valence-corrected chi connectivity index (χ0v) is 22.3. The molecule has 7 heteroatoms. The van der Waals surface area contributed by atoms with E-state index in [1.165, 1.54) is 56.3 Å². The molecule has 0 aromatic heterocycles. The Bertz CT molecular complexity index is 473. The maximum absolute atomic E-state index is 12.7. The minimum atomic E-state index is -1.28. The van der Waals surface area contributed by atoms with Crippen molar-refractivity contribution in [3.05, 3.63) is 0 Å². The van der Waals surface area contributed by atoms with Gasteiger partial charge >= 0.3 is 35.5 Å². The molecule has 0 rings (SSSR count). The van der Waals surface area contributed by atoms with E-state index in [0.717, 1.165) is 38.5 Å². The number of rotatable bonds is 21. The van der Waals surface area contributed by atoms with Crippen molar-refractivity contribution in [2.75, 3.05) is 6.54 Å². The summed E-state index contributed by atoms with van der Waals surface area (Å²) in [6.45, 7) is 4.64. The molecule has 0 saturated carbocycles. The van der Waals surface area contributed by atoms with Crippen LogP contribution in [0.1, 0.15) is 123 Å². The average molecular weight is 450 g/mol. The van der Waals surface area contributed by atoms with E-state index in [9.17, 15) is 24.6 Å². The first-order valence-electron chi connectivity index (χ1n) is 12.2. The summed E-state index contributed by atoms with van der Waals surface area (Å²) < 4.78 is 0. The molecular weight excluding hydrogens is 405 g/mol. The Labute approximate surface area is 211 Å². The van der Waals surface area contributed by atoms with Crippen LogP contribution in [0.4, 0.5) is 0 Å². The summed E-state index contributed by atoms with van der Waals surface area (Å²) in [5.74, 6) is -2.60. The minimum absolute atomic E-state index is 0. The zero-order chi connectivity index (χ0) is 22.6. The summed E-state index contributed by atoms with van der Waals surface area (Å²) in [4.78, 5) is 36.5. The van der Waals surface area contributed by atoms with E-state index in [2.05, 4.69) is 6.92 Å². The fourth-order valence-corrected chi connectivity index (χ4v) is 3.74. The molecule has 0 bridgehead atoms. The summed E-state index contributed by atoms with van der Waals surface area (Å²) in [7, 11) is 0. The number of aliphatic carboxylic acids is 2. The van der Waals surface area contributed by atoms with E-state index in [-0.39, 0.29) is 48.3 Å². The molecule has 31 heavy (non-hydrogen) atoms. The van der Waals surface area contributed by atoms with Gasteiger partial charge in [0.25, 0.3) is 0 Å². The molecule has 6 nitrogen and oxygen atoms in total. The zero-order valence-electron chi connectivity index (χ0n) is 20.3. The van der Waals surface area contributed by atoms with Crippen molar-refractivity contribution in [1.82, 2.24) is 4.90 Å². The molecule has 1 N–H and O–H groups in total. The molecule has 0 heterocycles. The second-order valence-electron chi connectivity index (χ2n) is 8.34. The molecule has 0 fully saturated rings. The maximum atomic E-state index is 12.7. The van der Waals surface area contributed by atoms with Crippen LogP contribution in [0.3, 0.4) is 0 Å². The van der Waals surface area contributed by atoms with E-state index in [4.69, 9.17) is 0 Å². The first kappa shape index (κ1) is 32.6. The van der Waals surface area contributed by atoms with Crippen LogP contribution in [-0.4, -0.2) is 40.4 Å². The van der Waals surface area contributed by atoms with E-state index < -0.39 is 18.0 Å². The van der Waals surface area contributed by atoms with Gasteiger partial charge in [-0.25, -0.2) is 4.79 Å². The number of unbranched alkanes of at least 4 members (excludes halogenated alkanes) is 12. The van der Waals surface area contributed by atoms with E-state index in [0.29, 0.717) is 13.0 Å². The molecule has 1 amide bonds. The minimum Gasteiger partial charge on any atom is -0.550 e. The number of carbonyl (C=O) groups is 3. The van der Waals surface area contributed by atoms with Crippen molar-refractivity contribution >= 4 is 17.8 Å². The quantitative estimate of drug-likeness (QED) is 0.212. The van der Waals surface area contributed by atoms with Gasteiger partial charge in [0.2, 0.25) is 5.91 Å². The van der Waals surface area contributed by atoms with Gasteiger partial charge in [-0.15, -0.1) is 0 Å². The van der Waals surface area contributed by atoms with Crippen LogP contribution in [0.5, 0.6) is 0 Å². The van der Waals surface area contributed by atoms with Crippen molar-refractivity contribution in [3.8, 4) is 0 Å². The van der Waals surface area contributed by atoms with E-state index >= 15 is 0 Å². The smallest absolute Gasteiger partial charge is 0.550 e. The van der Waals surface area contributed by atoms with E-state index in [1.807, 2.05) is 6.92 Å². The van der Waals surface area contributed by atoms with Crippen molar-refractivity contribution in [2.24, 2.45) is 0 Å². The van der Waals surface area contributed by atoms with Crippen molar-refractivity contribution < 1.29 is 54.2 Å². The number of hydrogen-bond donors (Lipinski definition) is 1. The Morgan fingerprint density at radius 2 is 1.19 bits per heavy atom. The molecule has 0 saturated heterocycles. The van der Waals surface area contributed by atoms with E-state index in [1.54, 1.807) is 0 Å². The molecule has 0 spiro atoms. The Morgan fingerprint density at radius 1 is 0.742 bits per heavy atom. The Morgan fingerprint density at radius 3 is 1.65 bits per heavy atom. The number of nitrogens with zero attached hydrogens (tertiary/aromatic N) is 1. The average Bonchev–Trinajstić information content (AvgIpc) is 2.70. The molecule has 0 aliphatic rings. The van der Waals surface area contributed by atoms with Gasteiger partial charge in [0.05, 0.1) is 0 Å². The monoisotopic (exact) mass is 449 g/mol. The predicted molar refractivity (Wildman–Crippen MR) is 118 cm³/mol. The second-order valence-corrected chi connectivity index (χ2v) is 8.34. The third-order valence-electron chi connectivity index (χ3n) is 5.60. The first-order chi connectivity index (χ1) is 14.4. The van der Waals surface area contributed by atoms with Gasteiger partial charge in [-0.2, -0.15) is 0 Å². The van der Waals surface area contributed by atoms with Crippen molar-refractivity contribution in [3.63, 3.8) is 0 Å². The van der Waals surface area contributed by atoms with Gasteiger partial charge in [-0.1, -0.05) is 90.9 Å². The molecule has 176 valence electrons. The van der Waals surface area contributed by atoms with Crippen LogP contribution >= 0.6 is 0 Å². The fraction of sp³-hybridized carbons (Fsp3) is 0.875. The molecule has 0 aromatic rings. The second kappa shape index (κ2) is 22.6. The number of carbonyl (C=O) groups excluding carboxylic acids is 2. The normalized spacial score (nSPS) is 11.5. The van der Waals surface area contributed by atoms with Crippen LogP contribution in [0.25, 0.3) is 0 Å². The number of carboxylic acids is 2. The first-order valence-corrected chi connectivity index (χ1v) is 12.2. The summed E-state index contributed by atoms with van der Waals surface area (Å²) >= 11 is 0. The van der Waals surface area contributed by atoms with Gasteiger partial charge < -0.3 is 19.9 Å². The number of hydrogen-bond acceptors (Lipinski definition) is 4. The largest absolute Gasteiger partial charge is 1.00 e. The Balaban J connectivity index is 0. The maximum Gasteiger partial charge on any atom is 1.00 e. The van der Waals surface area contributed by atoms with Crippen LogP contribution in [0.15, 0.2) is 0 Å². The summed E-state index contributed by atoms with van der Waals surface area (Å²) in [6, 6.07) is -1.08. The summed E-state index contributed by atoms with van der Waals surface area (Å²) in [6.07, 6.45) is 15.6. The molecule has 0 aromatic carbocycles. The van der Waals surface area contributed by atoms with Gasteiger partial charge in [0.1, 0.15) is 6.04 Å². The Hall–Kier alpha value is -0.590. The van der Waals surface area contributed by atoms with Crippen LogP contribution in [-0.2, 0) is 14.4 Å². The number of carboxylic acid groups (broad SMARTS) is 2. The predicted octanol–water partition coefficient (Wildman–Crippen LogP) is 1.69. The standard InChI is InChI=1S/C24H45NO5.Na/c1-3-5-7-8-9-10-11-12-13-14-15-17-22(26)25(20-16-6-4-2)21(24(29)30)18-19-23(27)28;/h21H,3-20H2,1-2H3,(H,27,28)(H,29,30);/q;+1/p-1/t21-;/m0./s1. The van der Waals surface area contributed by atoms with Gasteiger partial charge in [0, 0.05) is 18.9 Å². The van der Waals surface area contributed by atoms with Gasteiger partial charge in [-0.3, -0.25) is 4.79 Å². The van der Waals surface area contributed by atoms with Gasteiger partial charge in [0.15, 0.2) is 0 Å². The molecule has 1 atom stereocenters. The molecule has 0 aliphatic heterocycles. The SMILES string of the molecule is CCCCCCCCCCCCCC(=O)N(CCCCC)[C@@H](CCC(=O)[O-])C(=O)O.[Na+]. The Kier molecular flexibility index (Phi) is 23.8. The van der Waals surface area contributed by atoms with Crippen molar-refractivity contribution in [2.45, 2.75) is 129 Å². The van der Waals surface area contributed by atoms with Crippen LogP contribution < -0.4 is 34.7 Å². The van der Waals surface area contributed by atoms with Crippen LogP contribution in [0.2, 0.25) is 0 Å². The molecule has 0 aliphatic carbocycles. The van der Waals surface area contributed by atoms with Crippen LogP contribution in [0, 0.1) is 0 Å². The summed E-state index contributed by atoms with van der Waals surface area (Å²) in [5, 5.41) is 20.3. The molecular formula is C24H44NNaO5. The topological polar surface area (TPSA) is 97.7 Å². The fourth-order valence-electron chi connectivity index (χ4n) is 3.74. The number of amides is 1. The summed E-state index contributed by atoms with van der Waals surface area (Å²) in [5.41, 5.74) is 0. The third-order valence-corrected chi connectivity index (χ3v) is 5.60. The third kappa shape index (κ3) is 18.7. The molecule has 0 radical (unpaired) electrons. The molecule has 0 unspecified atom stereocenters. The van der Waals surface area contributed by atoms with Gasteiger partial charge in [-0.05, 0) is 25.7 Å². The van der Waals surface area contributed by atoms with Crippen molar-refractivity contribution in [1.29, 1.82) is 0 Å².